The molecule has 1 atom stereocenters. The van der Waals surface area contributed by atoms with Gasteiger partial charge in [0.15, 0.2) is 5.13 Å². The van der Waals surface area contributed by atoms with Crippen LogP contribution in [-0.2, 0) is 27.8 Å². The first-order chi connectivity index (χ1) is 17.9. The molecule has 7 nitrogen and oxygen atoms in total. The molecular weight excluding hydrogens is 506 g/mol. The summed E-state index contributed by atoms with van der Waals surface area (Å²) in [7, 11) is -2.33. The number of carbonyl (C=O) groups is 1. The molecule has 37 heavy (non-hydrogen) atoms. The number of rotatable bonds is 8. The van der Waals surface area contributed by atoms with Gasteiger partial charge in [-0.3, -0.25) is 9.69 Å². The highest BCUT2D eigenvalue weighted by Gasteiger charge is 2.42. The highest BCUT2D eigenvalue weighted by Crippen LogP contribution is 2.34. The van der Waals surface area contributed by atoms with E-state index < -0.39 is 16.1 Å². The van der Waals surface area contributed by atoms with E-state index in [9.17, 15) is 13.2 Å². The zero-order chi connectivity index (χ0) is 26.0. The van der Waals surface area contributed by atoms with Gasteiger partial charge in [-0.1, -0.05) is 54.7 Å². The summed E-state index contributed by atoms with van der Waals surface area (Å²) < 4.78 is 34.7. The average Bonchev–Trinajstić information content (AvgIpc) is 3.59. The van der Waals surface area contributed by atoms with Gasteiger partial charge in [-0.05, 0) is 66.8 Å². The molecule has 1 aromatic heterocycles. The van der Waals surface area contributed by atoms with Crippen LogP contribution in [0.2, 0.25) is 0 Å². The van der Waals surface area contributed by atoms with Crippen molar-refractivity contribution >= 4 is 42.6 Å². The van der Waals surface area contributed by atoms with Gasteiger partial charge < -0.3 is 4.74 Å². The first-order valence-corrected chi connectivity index (χ1v) is 14.6. The quantitative estimate of drug-likeness (QED) is 0.308. The maximum Gasteiger partial charge on any atom is 0.247 e. The molecule has 0 saturated carbocycles. The molecule has 1 saturated heterocycles. The van der Waals surface area contributed by atoms with E-state index in [4.69, 9.17) is 9.72 Å². The molecule has 4 aromatic rings. The fourth-order valence-electron chi connectivity index (χ4n) is 4.64. The molecule has 192 valence electrons. The molecule has 1 amide bonds. The number of fused-ring (bicyclic) bond motifs is 1. The van der Waals surface area contributed by atoms with Crippen molar-refractivity contribution in [3.8, 4) is 5.75 Å². The largest absolute Gasteiger partial charge is 0.497 e. The zero-order valence-electron chi connectivity index (χ0n) is 20.8. The van der Waals surface area contributed by atoms with E-state index in [-0.39, 0.29) is 10.8 Å². The lowest BCUT2D eigenvalue weighted by molar-refractivity contribution is -0.121. The third-order valence-electron chi connectivity index (χ3n) is 6.69. The highest BCUT2D eigenvalue weighted by molar-refractivity contribution is 7.89. The van der Waals surface area contributed by atoms with Crippen molar-refractivity contribution < 1.29 is 17.9 Å². The van der Waals surface area contributed by atoms with E-state index in [0.717, 1.165) is 22.2 Å². The van der Waals surface area contributed by atoms with Crippen LogP contribution in [-0.4, -0.2) is 43.3 Å². The second-order valence-corrected chi connectivity index (χ2v) is 11.9. The molecule has 0 spiro atoms. The van der Waals surface area contributed by atoms with Crippen LogP contribution in [0.4, 0.5) is 5.13 Å². The second kappa shape index (κ2) is 10.6. The van der Waals surface area contributed by atoms with E-state index in [1.807, 2.05) is 36.4 Å². The monoisotopic (exact) mass is 535 g/mol. The number of aromatic nitrogens is 1. The molecule has 0 aliphatic carbocycles. The van der Waals surface area contributed by atoms with Crippen LogP contribution < -0.4 is 9.64 Å². The van der Waals surface area contributed by atoms with Gasteiger partial charge in [0.1, 0.15) is 11.8 Å². The Kier molecular flexibility index (Phi) is 7.28. The summed E-state index contributed by atoms with van der Waals surface area (Å²) in [5.74, 6) is 0.317. The first-order valence-electron chi connectivity index (χ1n) is 12.3. The van der Waals surface area contributed by atoms with Gasteiger partial charge in [0.05, 0.1) is 28.8 Å². The fraction of sp³-hybridized carbons (Fsp3) is 0.286. The van der Waals surface area contributed by atoms with E-state index in [1.54, 1.807) is 17.0 Å². The van der Waals surface area contributed by atoms with Gasteiger partial charge in [-0.2, -0.15) is 4.31 Å². The summed E-state index contributed by atoms with van der Waals surface area (Å²) in [6.45, 7) is 2.71. The Labute approximate surface area is 221 Å². The summed E-state index contributed by atoms with van der Waals surface area (Å²) in [5, 5.41) is 0.575. The topological polar surface area (TPSA) is 79.8 Å². The Morgan fingerprint density at radius 1 is 1.08 bits per heavy atom. The summed E-state index contributed by atoms with van der Waals surface area (Å²) in [6.07, 6.45) is 1.99. The maximum absolute atomic E-state index is 14.1. The Balaban J connectivity index is 1.50. The molecule has 9 heteroatoms. The molecule has 1 aliphatic heterocycles. The van der Waals surface area contributed by atoms with Gasteiger partial charge in [-0.15, -0.1) is 0 Å². The number of methoxy groups -OCH3 is 1. The standard InChI is InChI=1S/C28H29N3O4S2/c1-3-20-11-16-24-26(18-20)36-28(29-24)30(19-21-8-5-4-6-9-21)27(32)25-10-7-17-31(25)37(33,34)23-14-12-22(35-2)13-15-23/h4-6,8-9,11-16,18,25H,3,7,10,17,19H2,1-2H3. The minimum atomic E-state index is -3.87. The van der Waals surface area contributed by atoms with Gasteiger partial charge in [0, 0.05) is 6.54 Å². The van der Waals surface area contributed by atoms with Crippen molar-refractivity contribution in [3.63, 3.8) is 0 Å². The van der Waals surface area contributed by atoms with E-state index in [1.165, 1.54) is 40.4 Å². The van der Waals surface area contributed by atoms with Crippen LogP contribution in [0.15, 0.2) is 77.7 Å². The summed E-state index contributed by atoms with van der Waals surface area (Å²) in [4.78, 5) is 20.7. The Bertz CT molecular complexity index is 1500. The molecule has 1 unspecified atom stereocenters. The van der Waals surface area contributed by atoms with E-state index in [0.29, 0.717) is 36.8 Å². The SMILES string of the molecule is CCc1ccc2nc(N(Cc3ccccc3)C(=O)C3CCCN3S(=O)(=O)c3ccc(OC)cc3)sc2c1. The molecule has 2 heterocycles. The zero-order valence-corrected chi connectivity index (χ0v) is 22.5. The van der Waals surface area contributed by atoms with Crippen molar-refractivity contribution in [2.75, 3.05) is 18.6 Å². The maximum atomic E-state index is 14.1. The first kappa shape index (κ1) is 25.4. The smallest absolute Gasteiger partial charge is 0.247 e. The van der Waals surface area contributed by atoms with Crippen molar-refractivity contribution in [1.82, 2.24) is 9.29 Å². The molecule has 1 aliphatic rings. The van der Waals surface area contributed by atoms with E-state index >= 15 is 0 Å². The lowest BCUT2D eigenvalue weighted by atomic mass is 10.1. The highest BCUT2D eigenvalue weighted by atomic mass is 32.2. The van der Waals surface area contributed by atoms with Crippen molar-refractivity contribution in [1.29, 1.82) is 0 Å². The molecule has 0 bridgehead atoms. The number of aryl methyl sites for hydroxylation is 1. The predicted molar refractivity (Wildman–Crippen MR) is 147 cm³/mol. The minimum Gasteiger partial charge on any atom is -0.497 e. The third kappa shape index (κ3) is 5.12. The van der Waals surface area contributed by atoms with Crippen molar-refractivity contribution in [2.24, 2.45) is 0 Å². The van der Waals surface area contributed by atoms with Crippen LogP contribution in [0.5, 0.6) is 5.75 Å². The van der Waals surface area contributed by atoms with E-state index in [2.05, 4.69) is 19.1 Å². The summed E-state index contributed by atoms with van der Waals surface area (Å²) in [6, 6.07) is 21.3. The Morgan fingerprint density at radius 3 is 2.54 bits per heavy atom. The number of anilines is 1. The fourth-order valence-corrected chi connectivity index (χ4v) is 7.32. The molecule has 0 radical (unpaired) electrons. The van der Waals surface area contributed by atoms with Crippen molar-refractivity contribution in [2.45, 2.75) is 43.7 Å². The Hall–Kier alpha value is -3.27. The van der Waals surface area contributed by atoms with Gasteiger partial charge >= 0.3 is 0 Å². The number of carbonyl (C=O) groups excluding carboxylic acids is 1. The molecule has 0 N–H and O–H groups in total. The number of nitrogens with zero attached hydrogens (tertiary/aromatic N) is 3. The van der Waals surface area contributed by atoms with Gasteiger partial charge in [0.25, 0.3) is 0 Å². The molecule has 5 rings (SSSR count). The second-order valence-electron chi connectivity index (χ2n) is 9.01. The van der Waals surface area contributed by atoms with Crippen molar-refractivity contribution in [3.05, 3.63) is 83.9 Å². The number of ether oxygens (including phenoxy) is 1. The van der Waals surface area contributed by atoms with Gasteiger partial charge in [-0.25, -0.2) is 13.4 Å². The minimum absolute atomic E-state index is 0.148. The normalized spacial score (nSPS) is 16.2. The molecule has 3 aromatic carbocycles. The third-order valence-corrected chi connectivity index (χ3v) is 9.65. The molecular formula is C28H29N3O4S2. The van der Waals surface area contributed by atoms with Crippen LogP contribution in [0.3, 0.4) is 0 Å². The van der Waals surface area contributed by atoms with Gasteiger partial charge in [0.2, 0.25) is 15.9 Å². The summed E-state index contributed by atoms with van der Waals surface area (Å²) >= 11 is 1.46. The predicted octanol–water partition coefficient (Wildman–Crippen LogP) is 5.25. The number of sulfonamides is 1. The van der Waals surface area contributed by atoms with Crippen LogP contribution >= 0.6 is 11.3 Å². The Morgan fingerprint density at radius 2 is 1.84 bits per heavy atom. The number of hydrogen-bond donors (Lipinski definition) is 0. The van der Waals surface area contributed by atoms with Crippen LogP contribution in [0, 0.1) is 0 Å². The number of hydrogen-bond acceptors (Lipinski definition) is 6. The lowest BCUT2D eigenvalue weighted by Crippen LogP contribution is -2.47. The number of thiazole rings is 1. The molecule has 1 fully saturated rings. The number of benzene rings is 3. The number of amides is 1. The van der Waals surface area contributed by atoms with Crippen LogP contribution in [0.25, 0.3) is 10.2 Å². The van der Waals surface area contributed by atoms with Crippen LogP contribution in [0.1, 0.15) is 30.9 Å². The average molecular weight is 536 g/mol. The lowest BCUT2D eigenvalue weighted by Gasteiger charge is -2.28. The summed E-state index contributed by atoms with van der Waals surface area (Å²) in [5.41, 5.74) is 2.99.